The molecule has 0 aliphatic carbocycles. The van der Waals surface area contributed by atoms with E-state index in [1.165, 1.54) is 29.7 Å². The summed E-state index contributed by atoms with van der Waals surface area (Å²) in [6.07, 6.45) is 0.636. The number of hydrogen-bond acceptors (Lipinski definition) is 4. The summed E-state index contributed by atoms with van der Waals surface area (Å²) in [5.74, 6) is 0. The van der Waals surface area contributed by atoms with Gasteiger partial charge in [-0.2, -0.15) is 0 Å². The summed E-state index contributed by atoms with van der Waals surface area (Å²) in [7, 11) is -0.403. The van der Waals surface area contributed by atoms with Gasteiger partial charge in [0.25, 0.3) is 15.6 Å². The molecule has 0 atom stereocenters. The van der Waals surface area contributed by atoms with Crippen LogP contribution in [-0.4, -0.2) is 31.8 Å². The van der Waals surface area contributed by atoms with Crippen molar-refractivity contribution in [2.75, 3.05) is 14.1 Å². The highest BCUT2D eigenvalue weighted by Crippen LogP contribution is 2.33. The molecule has 0 unspecified atom stereocenters. The van der Waals surface area contributed by atoms with Crippen molar-refractivity contribution in [2.24, 2.45) is 0 Å². The first kappa shape index (κ1) is 15.9. The minimum Gasteiger partial charge on any atom is -0.326 e. The lowest BCUT2D eigenvalue weighted by atomic mass is 10.1. The first-order valence-electron chi connectivity index (χ1n) is 6.53. The molecule has 0 radical (unpaired) electrons. The first-order valence-corrected chi connectivity index (χ1v) is 8.78. The molecule has 7 heteroatoms. The maximum Gasteiger partial charge on any atom is 0.252 e. The van der Waals surface area contributed by atoms with Crippen molar-refractivity contribution < 1.29 is 8.42 Å². The van der Waals surface area contributed by atoms with E-state index in [4.69, 9.17) is 0 Å². The molecule has 114 valence electrons. The number of thiophene rings is 1. The first-order chi connectivity index (χ1) is 9.77. The monoisotopic (exact) mass is 326 g/mol. The summed E-state index contributed by atoms with van der Waals surface area (Å²) in [6, 6.07) is 5.22. The molecule has 2 rings (SSSR count). The van der Waals surface area contributed by atoms with Crippen LogP contribution in [0.15, 0.2) is 27.2 Å². The zero-order valence-electron chi connectivity index (χ0n) is 12.4. The Kier molecular flexibility index (Phi) is 4.36. The molecule has 2 aromatic rings. The highest BCUT2D eigenvalue weighted by atomic mass is 32.2. The molecule has 0 aliphatic rings. The highest BCUT2D eigenvalue weighted by Gasteiger charge is 2.20. The molecule has 2 aromatic heterocycles. The largest absolute Gasteiger partial charge is 0.326 e. The minimum atomic E-state index is -3.42. The molecule has 2 heterocycles. The summed E-state index contributed by atoms with van der Waals surface area (Å²) in [5.41, 5.74) is 2.22. The van der Waals surface area contributed by atoms with Crippen molar-refractivity contribution in [1.82, 2.24) is 9.29 Å². The van der Waals surface area contributed by atoms with Crippen LogP contribution in [0.25, 0.3) is 10.4 Å². The van der Waals surface area contributed by atoms with E-state index in [9.17, 15) is 13.2 Å². The van der Waals surface area contributed by atoms with E-state index in [2.05, 4.69) is 4.98 Å². The Hall–Kier alpha value is -1.44. The van der Waals surface area contributed by atoms with Crippen LogP contribution >= 0.6 is 11.3 Å². The molecule has 0 aliphatic heterocycles. The average Bonchev–Trinajstić information content (AvgIpc) is 2.88. The molecular weight excluding hydrogens is 308 g/mol. The molecule has 0 amide bonds. The van der Waals surface area contributed by atoms with Crippen LogP contribution in [0.4, 0.5) is 0 Å². The Balaban J connectivity index is 2.55. The Morgan fingerprint density at radius 3 is 2.52 bits per heavy atom. The molecule has 0 spiro atoms. The summed E-state index contributed by atoms with van der Waals surface area (Å²) in [5, 5.41) is 0. The number of hydrogen-bond donors (Lipinski definition) is 1. The number of sulfonamides is 1. The number of nitrogens with one attached hydrogen (secondary N) is 1. The van der Waals surface area contributed by atoms with Gasteiger partial charge in [0.15, 0.2) is 0 Å². The molecule has 0 fully saturated rings. The quantitative estimate of drug-likeness (QED) is 0.936. The van der Waals surface area contributed by atoms with Gasteiger partial charge in [0.05, 0.1) is 0 Å². The summed E-state index contributed by atoms with van der Waals surface area (Å²) in [4.78, 5) is 15.4. The normalized spacial score (nSPS) is 12.0. The number of H-pyrrole nitrogens is 1. The molecule has 1 N–H and O–H groups in total. The van der Waals surface area contributed by atoms with Crippen LogP contribution in [0.2, 0.25) is 0 Å². The molecule has 5 nitrogen and oxygen atoms in total. The van der Waals surface area contributed by atoms with Gasteiger partial charge in [-0.15, -0.1) is 11.3 Å². The van der Waals surface area contributed by atoms with Gasteiger partial charge in [-0.3, -0.25) is 4.79 Å². The van der Waals surface area contributed by atoms with Crippen molar-refractivity contribution >= 4 is 21.4 Å². The van der Waals surface area contributed by atoms with Crippen LogP contribution < -0.4 is 5.56 Å². The van der Waals surface area contributed by atoms with E-state index >= 15 is 0 Å². The fraction of sp³-hybridized carbons (Fsp3) is 0.357. The Morgan fingerprint density at radius 1 is 1.29 bits per heavy atom. The maximum absolute atomic E-state index is 12.1. The highest BCUT2D eigenvalue weighted by molar-refractivity contribution is 7.91. The van der Waals surface area contributed by atoms with Gasteiger partial charge in [0.1, 0.15) is 4.21 Å². The van der Waals surface area contributed by atoms with E-state index in [0.29, 0.717) is 16.2 Å². The standard InChI is InChI=1S/C14H18N2O3S2/c1-5-10-8-11(9(2)15-14(10)17)12-6-7-13(20-12)21(18,19)16(3)4/h6-8H,5H2,1-4H3,(H,15,17). The summed E-state index contributed by atoms with van der Waals surface area (Å²) >= 11 is 1.21. The van der Waals surface area contributed by atoms with E-state index in [1.807, 2.05) is 19.9 Å². The lowest BCUT2D eigenvalue weighted by molar-refractivity contribution is 0.523. The molecule has 21 heavy (non-hydrogen) atoms. The molecule has 0 aromatic carbocycles. The second kappa shape index (κ2) is 5.75. The zero-order chi connectivity index (χ0) is 15.8. The number of aromatic amines is 1. The predicted octanol–water partition coefficient (Wildman–Crippen LogP) is 2.22. The van der Waals surface area contributed by atoms with Crippen LogP contribution in [0.3, 0.4) is 0 Å². The Labute approximate surface area is 128 Å². The molecule has 0 saturated heterocycles. The van der Waals surface area contributed by atoms with Gasteiger partial charge in [0, 0.05) is 35.8 Å². The Morgan fingerprint density at radius 2 is 1.95 bits per heavy atom. The van der Waals surface area contributed by atoms with Gasteiger partial charge in [-0.05, 0) is 31.5 Å². The third kappa shape index (κ3) is 2.95. The van der Waals surface area contributed by atoms with Crippen molar-refractivity contribution in [3.05, 3.63) is 39.8 Å². The molecular formula is C14H18N2O3S2. The van der Waals surface area contributed by atoms with Gasteiger partial charge in [-0.25, -0.2) is 12.7 Å². The van der Waals surface area contributed by atoms with Gasteiger partial charge >= 0.3 is 0 Å². The summed E-state index contributed by atoms with van der Waals surface area (Å²) in [6.45, 7) is 3.73. The number of rotatable bonds is 4. The average molecular weight is 326 g/mol. The second-order valence-electron chi connectivity index (χ2n) is 4.92. The number of aryl methyl sites for hydroxylation is 2. The molecule has 0 bridgehead atoms. The fourth-order valence-electron chi connectivity index (χ4n) is 1.97. The predicted molar refractivity (Wildman–Crippen MR) is 85.4 cm³/mol. The summed E-state index contributed by atoms with van der Waals surface area (Å²) < 4.78 is 25.7. The minimum absolute atomic E-state index is 0.0866. The van der Waals surface area contributed by atoms with Crippen LogP contribution in [-0.2, 0) is 16.4 Å². The fourth-order valence-corrected chi connectivity index (χ4v) is 4.52. The lowest BCUT2D eigenvalue weighted by Crippen LogP contribution is -2.21. The maximum atomic E-state index is 12.1. The second-order valence-corrected chi connectivity index (χ2v) is 8.38. The topological polar surface area (TPSA) is 70.2 Å². The third-order valence-corrected chi connectivity index (χ3v) is 6.68. The van der Waals surface area contributed by atoms with Crippen LogP contribution in [0.1, 0.15) is 18.2 Å². The number of aromatic nitrogens is 1. The number of pyridine rings is 1. The smallest absolute Gasteiger partial charge is 0.252 e. The van der Waals surface area contributed by atoms with Crippen LogP contribution in [0.5, 0.6) is 0 Å². The zero-order valence-corrected chi connectivity index (χ0v) is 14.1. The van der Waals surface area contributed by atoms with E-state index in [1.54, 1.807) is 12.1 Å². The van der Waals surface area contributed by atoms with Gasteiger partial charge < -0.3 is 4.98 Å². The van der Waals surface area contributed by atoms with Crippen molar-refractivity contribution in [3.63, 3.8) is 0 Å². The van der Waals surface area contributed by atoms with Gasteiger partial charge in [-0.1, -0.05) is 6.92 Å². The van der Waals surface area contributed by atoms with E-state index in [0.717, 1.165) is 16.1 Å². The Bertz CT molecular complexity index is 817. The van der Waals surface area contributed by atoms with E-state index < -0.39 is 10.0 Å². The van der Waals surface area contributed by atoms with Crippen LogP contribution in [0, 0.1) is 6.92 Å². The SMILES string of the molecule is CCc1cc(-c2ccc(S(=O)(=O)N(C)C)s2)c(C)[nH]c1=O. The van der Waals surface area contributed by atoms with Crippen molar-refractivity contribution in [3.8, 4) is 10.4 Å². The third-order valence-electron chi connectivity index (χ3n) is 3.28. The van der Waals surface area contributed by atoms with Crippen molar-refractivity contribution in [1.29, 1.82) is 0 Å². The van der Waals surface area contributed by atoms with Crippen molar-refractivity contribution in [2.45, 2.75) is 24.5 Å². The molecule has 0 saturated carbocycles. The number of nitrogens with zero attached hydrogens (tertiary/aromatic N) is 1. The lowest BCUT2D eigenvalue weighted by Gasteiger charge is -2.08. The van der Waals surface area contributed by atoms with E-state index in [-0.39, 0.29) is 5.56 Å². The van der Waals surface area contributed by atoms with Gasteiger partial charge in [0.2, 0.25) is 0 Å².